The van der Waals surface area contributed by atoms with Crippen LogP contribution in [0.2, 0.25) is 0 Å². The van der Waals surface area contributed by atoms with Crippen LogP contribution in [0.15, 0.2) is 87.9 Å². The molecule has 1 heterocycles. The summed E-state index contributed by atoms with van der Waals surface area (Å²) >= 11 is 0.751. The van der Waals surface area contributed by atoms with Crippen LogP contribution in [0, 0.1) is 0 Å². The number of halogens is 3. The lowest BCUT2D eigenvalue weighted by atomic mass is 10.1. The molecular formula is C24H16F3N3O3S. The lowest BCUT2D eigenvalue weighted by molar-refractivity contribution is -0.137. The third-order valence-corrected chi connectivity index (χ3v) is 5.72. The molecule has 0 spiro atoms. The van der Waals surface area contributed by atoms with Crippen molar-refractivity contribution in [2.24, 2.45) is 10.2 Å². The number of phenolic OH excluding ortho intramolecular Hbond substituents is 1. The van der Waals surface area contributed by atoms with Crippen LogP contribution in [0.1, 0.15) is 16.7 Å². The summed E-state index contributed by atoms with van der Waals surface area (Å²) in [7, 11) is 0. The maximum atomic E-state index is 12.9. The number of hydrogen-bond donors (Lipinski definition) is 1. The highest BCUT2D eigenvalue weighted by Crippen LogP contribution is 2.36. The van der Waals surface area contributed by atoms with E-state index in [0.29, 0.717) is 0 Å². The number of alkyl halides is 3. The molecule has 0 atom stereocenters. The van der Waals surface area contributed by atoms with Crippen LogP contribution in [-0.4, -0.2) is 21.2 Å². The number of benzene rings is 3. The molecule has 6 nitrogen and oxygen atoms in total. The van der Waals surface area contributed by atoms with Crippen molar-refractivity contribution in [3.05, 3.63) is 94.4 Å². The molecule has 0 aliphatic carbocycles. The largest absolute Gasteiger partial charge is 0.507 e. The first-order valence-electron chi connectivity index (χ1n) is 9.92. The lowest BCUT2D eigenvalue weighted by Gasteiger charge is -2.12. The van der Waals surface area contributed by atoms with Crippen molar-refractivity contribution in [2.45, 2.75) is 12.7 Å². The molecule has 1 fully saturated rings. The molecule has 0 unspecified atom stereocenters. The number of rotatable bonds is 5. The molecule has 1 aliphatic rings. The average Bonchev–Trinajstić information content (AvgIpc) is 3.07. The first kappa shape index (κ1) is 23.2. The van der Waals surface area contributed by atoms with E-state index in [1.807, 2.05) is 18.2 Å². The van der Waals surface area contributed by atoms with Gasteiger partial charge in [0.15, 0.2) is 0 Å². The highest BCUT2D eigenvalue weighted by Gasteiger charge is 2.35. The fourth-order valence-corrected chi connectivity index (χ4v) is 3.95. The van der Waals surface area contributed by atoms with Crippen molar-refractivity contribution in [1.82, 2.24) is 4.90 Å². The van der Waals surface area contributed by atoms with Gasteiger partial charge in [-0.1, -0.05) is 36.4 Å². The Kier molecular flexibility index (Phi) is 6.51. The monoisotopic (exact) mass is 483 g/mol. The molecule has 34 heavy (non-hydrogen) atoms. The summed E-state index contributed by atoms with van der Waals surface area (Å²) < 4.78 is 38.6. The first-order valence-corrected chi connectivity index (χ1v) is 10.7. The summed E-state index contributed by atoms with van der Waals surface area (Å²) in [6, 6.07) is 17.6. The van der Waals surface area contributed by atoms with Gasteiger partial charge in [-0.2, -0.15) is 23.4 Å². The van der Waals surface area contributed by atoms with E-state index >= 15 is 0 Å². The molecule has 1 N–H and O–H groups in total. The Labute approximate surface area is 196 Å². The van der Waals surface area contributed by atoms with Crippen molar-refractivity contribution in [3.8, 4) is 5.75 Å². The summed E-state index contributed by atoms with van der Waals surface area (Å²) in [6.07, 6.45) is -3.13. The van der Waals surface area contributed by atoms with E-state index in [1.54, 1.807) is 12.1 Å². The van der Waals surface area contributed by atoms with E-state index in [9.17, 15) is 27.9 Å². The van der Waals surface area contributed by atoms with Gasteiger partial charge in [-0.05, 0) is 59.8 Å². The lowest BCUT2D eigenvalue weighted by Crippen LogP contribution is -2.27. The molecule has 0 saturated carbocycles. The Hall–Kier alpha value is -3.92. The smallest absolute Gasteiger partial charge is 0.416 e. The molecule has 2 amide bonds. The topological polar surface area (TPSA) is 82.3 Å². The summed E-state index contributed by atoms with van der Waals surface area (Å²) in [6.45, 7) is 0.125. The van der Waals surface area contributed by atoms with E-state index in [1.165, 1.54) is 36.4 Å². The van der Waals surface area contributed by atoms with Crippen molar-refractivity contribution in [3.63, 3.8) is 0 Å². The van der Waals surface area contributed by atoms with E-state index in [-0.39, 0.29) is 34.1 Å². The molecule has 3 aromatic carbocycles. The zero-order chi connectivity index (χ0) is 24.3. The third-order valence-electron chi connectivity index (χ3n) is 4.81. The molecule has 0 bridgehead atoms. The predicted molar refractivity (Wildman–Crippen MR) is 122 cm³/mol. The molecule has 10 heteroatoms. The fourth-order valence-electron chi connectivity index (χ4n) is 3.12. The van der Waals surface area contributed by atoms with Gasteiger partial charge in [0.2, 0.25) is 0 Å². The summed E-state index contributed by atoms with van der Waals surface area (Å²) in [5, 5.41) is 17.5. The maximum Gasteiger partial charge on any atom is 0.416 e. The zero-order valence-corrected chi connectivity index (χ0v) is 18.2. The number of hydrogen-bond acceptors (Lipinski definition) is 6. The Bertz CT molecular complexity index is 1310. The Morgan fingerprint density at radius 1 is 0.912 bits per heavy atom. The van der Waals surface area contributed by atoms with Crippen LogP contribution in [-0.2, 0) is 17.5 Å². The van der Waals surface area contributed by atoms with Crippen molar-refractivity contribution < 1.29 is 27.9 Å². The van der Waals surface area contributed by atoms with E-state index in [2.05, 4.69) is 10.2 Å². The molecule has 1 saturated heterocycles. The van der Waals surface area contributed by atoms with Crippen LogP contribution in [0.25, 0.3) is 6.08 Å². The van der Waals surface area contributed by atoms with Gasteiger partial charge in [-0.15, -0.1) is 0 Å². The molecule has 0 radical (unpaired) electrons. The van der Waals surface area contributed by atoms with E-state index in [4.69, 9.17) is 0 Å². The van der Waals surface area contributed by atoms with E-state index < -0.39 is 22.9 Å². The minimum atomic E-state index is -4.50. The first-order chi connectivity index (χ1) is 16.2. The number of aromatic hydroxyl groups is 1. The van der Waals surface area contributed by atoms with E-state index in [0.717, 1.165) is 34.4 Å². The summed E-state index contributed by atoms with van der Waals surface area (Å²) in [4.78, 5) is 26.3. The normalized spacial score (nSPS) is 15.6. The highest BCUT2D eigenvalue weighted by molar-refractivity contribution is 8.18. The molecule has 1 aliphatic heterocycles. The van der Waals surface area contributed by atoms with Gasteiger partial charge in [0.1, 0.15) is 5.75 Å². The zero-order valence-electron chi connectivity index (χ0n) is 17.4. The summed E-state index contributed by atoms with van der Waals surface area (Å²) in [5.74, 6) is -0.651. The Morgan fingerprint density at radius 3 is 2.32 bits per heavy atom. The van der Waals surface area contributed by atoms with Gasteiger partial charge in [-0.3, -0.25) is 14.5 Å². The van der Waals surface area contributed by atoms with Gasteiger partial charge in [0.25, 0.3) is 11.1 Å². The third kappa shape index (κ3) is 5.34. The standard InChI is InChI=1S/C24H16F3N3O3S/c25-24(26,27)17-7-4-8-18(13-17)28-29-19-9-10-20(31)16(11-19)12-21-22(32)30(23(33)34-21)14-15-5-2-1-3-6-15/h1-13,31H,14H2/b21-12-,29-28?. The Morgan fingerprint density at radius 2 is 1.62 bits per heavy atom. The second-order valence-electron chi connectivity index (χ2n) is 7.24. The van der Waals surface area contributed by atoms with Crippen LogP contribution in [0.4, 0.5) is 29.3 Å². The molecule has 4 rings (SSSR count). The second-order valence-corrected chi connectivity index (χ2v) is 8.24. The maximum absolute atomic E-state index is 12.9. The molecule has 0 aromatic heterocycles. The van der Waals surface area contributed by atoms with Crippen LogP contribution < -0.4 is 0 Å². The van der Waals surface area contributed by atoms with Gasteiger partial charge in [-0.25, -0.2) is 0 Å². The van der Waals surface area contributed by atoms with Gasteiger partial charge < -0.3 is 5.11 Å². The van der Waals surface area contributed by atoms with Crippen molar-refractivity contribution in [1.29, 1.82) is 0 Å². The Balaban J connectivity index is 1.55. The molecular weight excluding hydrogens is 467 g/mol. The summed E-state index contributed by atoms with van der Waals surface area (Å²) in [5.41, 5.74) is 0.412. The van der Waals surface area contributed by atoms with Gasteiger partial charge in [0, 0.05) is 5.56 Å². The second kappa shape index (κ2) is 9.52. The number of phenols is 1. The van der Waals surface area contributed by atoms with Crippen LogP contribution >= 0.6 is 11.8 Å². The van der Waals surface area contributed by atoms with Crippen LogP contribution in [0.5, 0.6) is 5.75 Å². The van der Waals surface area contributed by atoms with Crippen molar-refractivity contribution in [2.75, 3.05) is 0 Å². The highest BCUT2D eigenvalue weighted by atomic mass is 32.2. The molecule has 172 valence electrons. The van der Waals surface area contributed by atoms with Gasteiger partial charge >= 0.3 is 6.18 Å². The number of amides is 2. The van der Waals surface area contributed by atoms with Gasteiger partial charge in [0.05, 0.1) is 28.4 Å². The SMILES string of the molecule is O=C1S/C(=C\c2cc(N=Nc3cccc(C(F)(F)F)c3)ccc2O)C(=O)N1Cc1ccccc1. The predicted octanol–water partition coefficient (Wildman–Crippen LogP) is 7.06. The number of azo groups is 1. The number of imide groups is 1. The number of carbonyl (C=O) groups is 2. The molecule has 3 aromatic rings. The number of thioether (sulfide) groups is 1. The minimum absolute atomic E-state index is 0.00600. The average molecular weight is 483 g/mol. The van der Waals surface area contributed by atoms with Crippen molar-refractivity contribution >= 4 is 40.4 Å². The van der Waals surface area contributed by atoms with Crippen LogP contribution in [0.3, 0.4) is 0 Å². The minimum Gasteiger partial charge on any atom is -0.507 e. The fraction of sp³-hybridized carbons (Fsp3) is 0.0833. The quantitative estimate of drug-likeness (QED) is 0.311. The number of carbonyl (C=O) groups excluding carboxylic acids is 2. The number of nitrogens with zero attached hydrogens (tertiary/aromatic N) is 3.